The van der Waals surface area contributed by atoms with Gasteiger partial charge in [0, 0.05) is 11.6 Å². The second kappa shape index (κ2) is 4.53. The molecule has 1 unspecified atom stereocenters. The van der Waals surface area contributed by atoms with Crippen LogP contribution in [0.4, 0.5) is 0 Å². The number of nitrogens with zero attached hydrogens (tertiary/aromatic N) is 2. The Hall–Kier alpha value is -1.45. The van der Waals surface area contributed by atoms with Gasteiger partial charge in [-0.25, -0.2) is 13.4 Å². The van der Waals surface area contributed by atoms with Gasteiger partial charge in [0.1, 0.15) is 4.83 Å². The molecule has 9 heteroatoms. The third-order valence-corrected chi connectivity index (χ3v) is 7.56. The molecule has 116 valence electrons. The van der Waals surface area contributed by atoms with Crippen LogP contribution in [-0.2, 0) is 9.84 Å². The molecule has 0 spiro atoms. The maximum Gasteiger partial charge on any atom is 0.261 e. The second-order valence-corrected chi connectivity index (χ2v) is 9.91. The number of nitrogens with one attached hydrogen (secondary N) is 1. The van der Waals surface area contributed by atoms with Crippen molar-refractivity contribution in [1.29, 1.82) is 0 Å². The first-order chi connectivity index (χ1) is 10.4. The number of fused-ring (bicyclic) bond motifs is 3. The lowest BCUT2D eigenvalue weighted by atomic mass is 10.0. The van der Waals surface area contributed by atoms with Crippen LogP contribution in [0.15, 0.2) is 17.6 Å². The third kappa shape index (κ3) is 2.24. The van der Waals surface area contributed by atoms with Crippen molar-refractivity contribution in [1.82, 2.24) is 14.7 Å². The number of hydrogen-bond acceptors (Lipinski definition) is 6. The molecular weight excluding hydrogens is 342 g/mol. The molecule has 1 fully saturated rings. The molecule has 22 heavy (non-hydrogen) atoms. The Morgan fingerprint density at radius 3 is 3.05 bits per heavy atom. The molecule has 3 aromatic rings. The zero-order valence-electron chi connectivity index (χ0n) is 11.7. The van der Waals surface area contributed by atoms with E-state index in [1.54, 1.807) is 18.3 Å². The smallest absolute Gasteiger partial charge is 0.261 e. The van der Waals surface area contributed by atoms with Crippen LogP contribution in [0.1, 0.15) is 23.0 Å². The monoisotopic (exact) mass is 355 g/mol. The molecule has 1 aliphatic rings. The van der Waals surface area contributed by atoms with E-state index in [0.717, 1.165) is 15.3 Å². The Balaban J connectivity index is 1.64. The first-order valence-corrected chi connectivity index (χ1v) is 10.3. The Kier molecular flexibility index (Phi) is 2.91. The molecule has 4 rings (SSSR count). The molecule has 3 aromatic heterocycles. The summed E-state index contributed by atoms with van der Waals surface area (Å²) in [5.41, 5.74) is 0.234. The van der Waals surface area contributed by atoms with E-state index in [2.05, 4.69) is 10.3 Å². The highest BCUT2D eigenvalue weighted by molar-refractivity contribution is 7.91. The number of sulfone groups is 1. The minimum Gasteiger partial charge on any atom is -0.345 e. The van der Waals surface area contributed by atoms with Crippen molar-refractivity contribution in [3.63, 3.8) is 0 Å². The van der Waals surface area contributed by atoms with Gasteiger partial charge in [0.15, 0.2) is 14.8 Å². The van der Waals surface area contributed by atoms with E-state index in [9.17, 15) is 13.2 Å². The number of imidazole rings is 1. The van der Waals surface area contributed by atoms with Crippen LogP contribution in [0.3, 0.4) is 0 Å². The lowest BCUT2D eigenvalue weighted by Crippen LogP contribution is -2.46. The SMILES string of the molecule is CC1(NC(=O)c2cc3c(nc4sccn43)s2)CCS(=O)(=O)C1. The Morgan fingerprint density at radius 1 is 1.50 bits per heavy atom. The molecule has 0 aliphatic carbocycles. The highest BCUT2D eigenvalue weighted by Gasteiger charge is 2.39. The lowest BCUT2D eigenvalue weighted by Gasteiger charge is -2.23. The van der Waals surface area contributed by atoms with E-state index >= 15 is 0 Å². The molecule has 0 bridgehead atoms. The number of thiazole rings is 1. The summed E-state index contributed by atoms with van der Waals surface area (Å²) in [6.07, 6.45) is 2.38. The van der Waals surface area contributed by atoms with Crippen LogP contribution in [0, 0.1) is 0 Å². The van der Waals surface area contributed by atoms with Crippen LogP contribution < -0.4 is 5.32 Å². The minimum absolute atomic E-state index is 0.00460. The fraction of sp³-hybridized carbons (Fsp3) is 0.385. The molecule has 0 aromatic carbocycles. The third-order valence-electron chi connectivity index (χ3n) is 3.88. The van der Waals surface area contributed by atoms with Crippen molar-refractivity contribution in [3.05, 3.63) is 22.5 Å². The van der Waals surface area contributed by atoms with E-state index in [4.69, 9.17) is 0 Å². The van der Waals surface area contributed by atoms with E-state index in [1.807, 2.05) is 22.0 Å². The summed E-state index contributed by atoms with van der Waals surface area (Å²) >= 11 is 2.88. The van der Waals surface area contributed by atoms with Gasteiger partial charge in [-0.1, -0.05) is 0 Å². The van der Waals surface area contributed by atoms with E-state index in [-0.39, 0.29) is 17.4 Å². The van der Waals surface area contributed by atoms with Crippen LogP contribution in [-0.4, -0.2) is 40.8 Å². The topological polar surface area (TPSA) is 80.5 Å². The summed E-state index contributed by atoms with van der Waals surface area (Å²) in [7, 11) is -3.04. The predicted molar refractivity (Wildman–Crippen MR) is 87.6 cm³/mol. The maximum absolute atomic E-state index is 12.4. The summed E-state index contributed by atoms with van der Waals surface area (Å²) in [6.45, 7) is 1.78. The van der Waals surface area contributed by atoms with E-state index in [0.29, 0.717) is 11.3 Å². The van der Waals surface area contributed by atoms with E-state index in [1.165, 1.54) is 11.3 Å². The molecule has 0 radical (unpaired) electrons. The van der Waals surface area contributed by atoms with E-state index < -0.39 is 15.4 Å². The highest BCUT2D eigenvalue weighted by atomic mass is 32.2. The fourth-order valence-electron chi connectivity index (χ4n) is 2.80. The summed E-state index contributed by atoms with van der Waals surface area (Å²) in [5, 5.41) is 4.83. The fourth-order valence-corrected chi connectivity index (χ4v) is 6.59. The number of aromatic nitrogens is 2. The Bertz CT molecular complexity index is 998. The van der Waals surface area contributed by atoms with Gasteiger partial charge in [-0.3, -0.25) is 9.20 Å². The maximum atomic E-state index is 12.4. The van der Waals surface area contributed by atoms with Crippen molar-refractivity contribution in [2.75, 3.05) is 11.5 Å². The average Bonchev–Trinajstić information content (AvgIpc) is 3.09. The largest absolute Gasteiger partial charge is 0.345 e. The van der Waals surface area contributed by atoms with Crippen LogP contribution >= 0.6 is 22.7 Å². The van der Waals surface area contributed by atoms with Crippen LogP contribution in [0.2, 0.25) is 0 Å². The summed E-state index contributed by atoms with van der Waals surface area (Å²) in [5.74, 6) is -0.0923. The summed E-state index contributed by atoms with van der Waals surface area (Å²) < 4.78 is 25.2. The van der Waals surface area contributed by atoms with Crippen LogP contribution in [0.5, 0.6) is 0 Å². The number of rotatable bonds is 2. The second-order valence-electron chi connectivity index (χ2n) is 5.83. The average molecular weight is 355 g/mol. The van der Waals surface area contributed by atoms with Crippen LogP contribution in [0.25, 0.3) is 15.3 Å². The normalized spacial score (nSPS) is 24.2. The van der Waals surface area contributed by atoms with Crippen molar-refractivity contribution in [2.24, 2.45) is 0 Å². The van der Waals surface area contributed by atoms with Gasteiger partial charge < -0.3 is 5.32 Å². The summed E-state index contributed by atoms with van der Waals surface area (Å²) in [4.78, 5) is 19.2. The quantitative estimate of drug-likeness (QED) is 0.761. The first-order valence-electron chi connectivity index (χ1n) is 6.73. The van der Waals surface area contributed by atoms with Crippen molar-refractivity contribution in [2.45, 2.75) is 18.9 Å². The zero-order valence-corrected chi connectivity index (χ0v) is 14.1. The van der Waals surface area contributed by atoms with Crippen molar-refractivity contribution in [3.8, 4) is 0 Å². The van der Waals surface area contributed by atoms with Gasteiger partial charge >= 0.3 is 0 Å². The predicted octanol–water partition coefficient (Wildman–Crippen LogP) is 1.92. The molecule has 6 nitrogen and oxygen atoms in total. The van der Waals surface area contributed by atoms with Gasteiger partial charge in [0.05, 0.1) is 27.4 Å². The van der Waals surface area contributed by atoms with Gasteiger partial charge in [-0.05, 0) is 19.4 Å². The Labute approximate surface area is 134 Å². The minimum atomic E-state index is -3.04. The molecule has 4 heterocycles. The first kappa shape index (κ1) is 14.2. The molecule has 1 amide bonds. The van der Waals surface area contributed by atoms with Gasteiger partial charge in [0.25, 0.3) is 5.91 Å². The molecule has 1 aliphatic heterocycles. The standard InChI is InChI=1S/C13H13N3O3S3/c1-13(2-5-22(18,19)7-13)15-10(17)9-6-8-11(21-9)14-12-16(8)3-4-20-12/h3-4,6H,2,5,7H2,1H3,(H,15,17). The van der Waals surface area contributed by atoms with Crippen molar-refractivity contribution < 1.29 is 13.2 Å². The van der Waals surface area contributed by atoms with Gasteiger partial charge in [-0.15, -0.1) is 22.7 Å². The van der Waals surface area contributed by atoms with Crippen molar-refractivity contribution >= 4 is 53.7 Å². The molecule has 1 atom stereocenters. The number of carbonyl (C=O) groups excluding carboxylic acids is 1. The zero-order chi connectivity index (χ0) is 15.5. The molecule has 1 N–H and O–H groups in total. The summed E-state index contributed by atoms with van der Waals surface area (Å²) in [6, 6.07) is 1.81. The lowest BCUT2D eigenvalue weighted by molar-refractivity contribution is 0.0919. The molecule has 0 saturated carbocycles. The number of carbonyl (C=O) groups is 1. The van der Waals surface area contributed by atoms with Gasteiger partial charge in [0.2, 0.25) is 0 Å². The highest BCUT2D eigenvalue weighted by Crippen LogP contribution is 2.29. The van der Waals surface area contributed by atoms with Gasteiger partial charge in [-0.2, -0.15) is 0 Å². The number of thiophene rings is 1. The molecule has 1 saturated heterocycles. The number of hydrogen-bond donors (Lipinski definition) is 1. The Morgan fingerprint density at radius 2 is 2.32 bits per heavy atom. The number of amides is 1. The molecular formula is C13H13N3O3S3.